The summed E-state index contributed by atoms with van der Waals surface area (Å²) in [5.41, 5.74) is 14.8. The lowest BCUT2D eigenvalue weighted by Crippen LogP contribution is -2.07. The van der Waals surface area contributed by atoms with Gasteiger partial charge in [0.2, 0.25) is 0 Å². The lowest BCUT2D eigenvalue weighted by atomic mass is 9.81. The quantitative estimate of drug-likeness (QED) is 0.0681. The molecule has 0 amide bonds. The van der Waals surface area contributed by atoms with Crippen molar-refractivity contribution < 1.29 is 35.7 Å². The van der Waals surface area contributed by atoms with Crippen LogP contribution in [-0.2, 0) is 12.8 Å². The van der Waals surface area contributed by atoms with Crippen molar-refractivity contribution in [2.24, 2.45) is 0 Å². The molecule has 0 aliphatic rings. The monoisotopic (exact) mass is 828 g/mol. The van der Waals surface area contributed by atoms with Gasteiger partial charge in [0.15, 0.2) is 0 Å². The Morgan fingerprint density at radius 1 is 0.323 bits per heavy atom. The molecule has 318 valence electrons. The normalized spacial score (nSPS) is 11.5. The molecular formula is C55H56O7. The molecule has 0 aliphatic carbocycles. The van der Waals surface area contributed by atoms with Gasteiger partial charge in [-0.15, -0.1) is 0 Å². The van der Waals surface area contributed by atoms with E-state index in [-0.39, 0.29) is 40.2 Å². The molecule has 0 aromatic heterocycles. The van der Waals surface area contributed by atoms with Gasteiger partial charge in [-0.25, -0.2) is 0 Å². The topological polar surface area (TPSA) is 142 Å². The largest absolute Gasteiger partial charge is 0.508 e. The van der Waals surface area contributed by atoms with Crippen LogP contribution >= 0.6 is 0 Å². The number of rotatable bonds is 10. The number of benzene rings is 7. The summed E-state index contributed by atoms with van der Waals surface area (Å²) in [6.45, 7) is 16.9. The van der Waals surface area contributed by atoms with Crippen LogP contribution < -0.4 is 0 Å². The van der Waals surface area contributed by atoms with Crippen LogP contribution in [0.5, 0.6) is 40.2 Å². The molecular weight excluding hydrogens is 773 g/mol. The summed E-state index contributed by atoms with van der Waals surface area (Å²) in [6.07, 6.45) is 0.758. The number of phenols is 7. The van der Waals surface area contributed by atoms with Gasteiger partial charge in [0.05, 0.1) is 0 Å². The van der Waals surface area contributed by atoms with E-state index in [1.165, 1.54) is 0 Å². The van der Waals surface area contributed by atoms with Gasteiger partial charge in [-0.1, -0.05) is 90.5 Å². The van der Waals surface area contributed by atoms with Gasteiger partial charge in [0, 0.05) is 35.8 Å². The molecule has 7 rings (SSSR count). The predicted octanol–water partition coefficient (Wildman–Crippen LogP) is 11.9. The number of aromatic hydroxyl groups is 7. The fourth-order valence-electron chi connectivity index (χ4n) is 9.26. The third-order valence-corrected chi connectivity index (χ3v) is 12.4. The van der Waals surface area contributed by atoms with Crippen molar-refractivity contribution in [2.45, 2.75) is 87.0 Å². The average molecular weight is 829 g/mol. The van der Waals surface area contributed by atoms with Crippen LogP contribution in [0.4, 0.5) is 0 Å². The van der Waals surface area contributed by atoms with Gasteiger partial charge >= 0.3 is 0 Å². The molecule has 0 aliphatic heterocycles. The molecule has 0 fully saturated rings. The Morgan fingerprint density at radius 2 is 0.581 bits per heavy atom. The molecule has 0 bridgehead atoms. The molecule has 7 aromatic rings. The van der Waals surface area contributed by atoms with Crippen LogP contribution in [0.3, 0.4) is 0 Å². The van der Waals surface area contributed by atoms with Crippen LogP contribution in [0.1, 0.15) is 118 Å². The van der Waals surface area contributed by atoms with E-state index in [0.29, 0.717) is 24.0 Å². The fraction of sp³-hybridized carbons (Fsp3) is 0.236. The summed E-state index contributed by atoms with van der Waals surface area (Å²) >= 11 is 0. The molecule has 7 nitrogen and oxygen atoms in total. The molecule has 0 radical (unpaired) electrons. The van der Waals surface area contributed by atoms with E-state index in [9.17, 15) is 35.7 Å². The van der Waals surface area contributed by atoms with E-state index in [2.05, 4.69) is 0 Å². The van der Waals surface area contributed by atoms with Gasteiger partial charge in [-0.05, 0) is 163 Å². The lowest BCUT2D eigenvalue weighted by molar-refractivity contribution is 0.462. The van der Waals surface area contributed by atoms with Crippen LogP contribution in [0.15, 0.2) is 97.1 Å². The Morgan fingerprint density at radius 3 is 0.839 bits per heavy atom. The summed E-state index contributed by atoms with van der Waals surface area (Å²) < 4.78 is 0. The predicted molar refractivity (Wildman–Crippen MR) is 247 cm³/mol. The Balaban J connectivity index is 1.28. The molecule has 7 heteroatoms. The van der Waals surface area contributed by atoms with Gasteiger partial charge in [-0.2, -0.15) is 0 Å². The highest BCUT2D eigenvalue weighted by Crippen LogP contribution is 2.44. The maximum atomic E-state index is 12.0. The van der Waals surface area contributed by atoms with E-state index in [1.54, 1.807) is 12.1 Å². The Hall–Kier alpha value is -6.86. The maximum absolute atomic E-state index is 12.0. The van der Waals surface area contributed by atoms with Crippen molar-refractivity contribution in [1.82, 2.24) is 0 Å². The standard InChI is InChI=1S/C55H56O7/c1-28-14-43(24-37-10-12-47(56)45(26-37)49(39-16-29(2)51(58)30(3)17-39)40-18-31(4)52(59)32(5)19-40)55(62)44(15-28)25-38-11-13-48(57)46(27-38)50(41-20-33(6)53(60)34(7)21-41)42-22-35(8)54(61)36(9)23-42/h10-23,26-27,49-50,56-62H,24-25H2,1-9H3. The third kappa shape index (κ3) is 8.40. The number of phenolic OH excluding ortho intramolecular Hbond substituents is 7. The van der Waals surface area contributed by atoms with E-state index >= 15 is 0 Å². The number of hydrogen-bond acceptors (Lipinski definition) is 7. The van der Waals surface area contributed by atoms with Crippen molar-refractivity contribution in [3.8, 4) is 40.2 Å². The molecule has 7 aromatic carbocycles. The first-order chi connectivity index (χ1) is 29.3. The van der Waals surface area contributed by atoms with Crippen LogP contribution in [0.25, 0.3) is 0 Å². The first-order valence-corrected chi connectivity index (χ1v) is 21.0. The zero-order valence-corrected chi connectivity index (χ0v) is 36.9. The van der Waals surface area contributed by atoms with Gasteiger partial charge < -0.3 is 35.7 Å². The Labute approximate surface area is 364 Å². The summed E-state index contributed by atoms with van der Waals surface area (Å²) in [5.74, 6) is 0.424. The number of aryl methyl sites for hydroxylation is 9. The Kier molecular flexibility index (Phi) is 11.8. The second-order valence-electron chi connectivity index (χ2n) is 17.5. The van der Waals surface area contributed by atoms with Crippen LogP contribution in [0.2, 0.25) is 0 Å². The van der Waals surface area contributed by atoms with Crippen molar-refractivity contribution in [1.29, 1.82) is 0 Å². The SMILES string of the molecule is Cc1cc(Cc2ccc(O)c(C(c3cc(C)c(O)c(C)c3)c3cc(C)c(O)c(C)c3)c2)c(O)c(Cc2ccc(O)c(C(c3cc(C)c(O)c(C)c3)c3cc(C)c(O)c(C)c3)c2)c1. The zero-order chi connectivity index (χ0) is 44.9. The minimum atomic E-state index is -0.427. The summed E-state index contributed by atoms with van der Waals surface area (Å²) in [6, 6.07) is 30.5. The first-order valence-electron chi connectivity index (χ1n) is 21.0. The molecule has 7 N–H and O–H groups in total. The minimum Gasteiger partial charge on any atom is -0.508 e. The van der Waals surface area contributed by atoms with Gasteiger partial charge in [-0.3, -0.25) is 0 Å². The van der Waals surface area contributed by atoms with Gasteiger partial charge in [0.25, 0.3) is 0 Å². The van der Waals surface area contributed by atoms with Gasteiger partial charge in [0.1, 0.15) is 40.2 Å². The fourth-order valence-corrected chi connectivity index (χ4v) is 9.26. The molecule has 62 heavy (non-hydrogen) atoms. The minimum absolute atomic E-state index is 0.108. The number of hydrogen-bond donors (Lipinski definition) is 7. The molecule has 0 saturated heterocycles. The summed E-state index contributed by atoms with van der Waals surface area (Å²) in [7, 11) is 0. The lowest BCUT2D eigenvalue weighted by Gasteiger charge is -2.24. The molecule has 0 atom stereocenters. The zero-order valence-electron chi connectivity index (χ0n) is 36.9. The highest BCUT2D eigenvalue weighted by molar-refractivity contribution is 5.59. The molecule has 0 heterocycles. The second-order valence-corrected chi connectivity index (χ2v) is 17.5. The molecule has 0 saturated carbocycles. The maximum Gasteiger partial charge on any atom is 0.122 e. The highest BCUT2D eigenvalue weighted by Gasteiger charge is 2.26. The summed E-state index contributed by atoms with van der Waals surface area (Å²) in [4.78, 5) is 0. The van der Waals surface area contributed by atoms with E-state index in [4.69, 9.17) is 0 Å². The smallest absolute Gasteiger partial charge is 0.122 e. The summed E-state index contributed by atoms with van der Waals surface area (Å²) in [5, 5.41) is 77.7. The van der Waals surface area contributed by atoms with Crippen molar-refractivity contribution in [3.63, 3.8) is 0 Å². The van der Waals surface area contributed by atoms with E-state index < -0.39 is 11.8 Å². The van der Waals surface area contributed by atoms with E-state index in [1.807, 2.05) is 147 Å². The Bertz CT molecular complexity index is 2490. The van der Waals surface area contributed by atoms with Crippen molar-refractivity contribution >= 4 is 0 Å². The molecule has 0 spiro atoms. The second kappa shape index (κ2) is 16.9. The average Bonchev–Trinajstić information content (AvgIpc) is 3.21. The highest BCUT2D eigenvalue weighted by atomic mass is 16.3. The van der Waals surface area contributed by atoms with E-state index in [0.717, 1.165) is 94.6 Å². The van der Waals surface area contributed by atoms with Crippen LogP contribution in [-0.4, -0.2) is 35.7 Å². The molecule has 0 unspecified atom stereocenters. The third-order valence-electron chi connectivity index (χ3n) is 12.4. The van der Waals surface area contributed by atoms with Crippen molar-refractivity contribution in [2.75, 3.05) is 0 Å². The van der Waals surface area contributed by atoms with Crippen LogP contribution in [0, 0.1) is 62.3 Å². The first kappa shape index (κ1) is 43.2. The van der Waals surface area contributed by atoms with Crippen molar-refractivity contribution in [3.05, 3.63) is 203 Å².